The van der Waals surface area contributed by atoms with Gasteiger partial charge in [0.1, 0.15) is 0 Å². The Labute approximate surface area is 116 Å². The van der Waals surface area contributed by atoms with E-state index in [1.165, 1.54) is 4.31 Å². The predicted molar refractivity (Wildman–Crippen MR) is 73.1 cm³/mol. The van der Waals surface area contributed by atoms with Crippen LogP contribution in [0.2, 0.25) is 0 Å². The number of aromatic amines is 1. The third kappa shape index (κ3) is 3.07. The predicted octanol–water partition coefficient (Wildman–Crippen LogP) is 0.934. The Kier molecular flexibility index (Phi) is 4.44. The lowest BCUT2D eigenvalue weighted by molar-refractivity contribution is 0.0265. The molecule has 2 rings (SSSR count). The summed E-state index contributed by atoms with van der Waals surface area (Å²) in [5.41, 5.74) is 0.411. The van der Waals surface area contributed by atoms with Crippen molar-refractivity contribution in [1.29, 1.82) is 0 Å². The second-order valence-electron chi connectivity index (χ2n) is 4.51. The molecule has 0 aliphatic carbocycles. The lowest BCUT2D eigenvalue weighted by atomic mass is 10.1. The molecule has 0 spiro atoms. The Balaban J connectivity index is 2.24. The van der Waals surface area contributed by atoms with Crippen LogP contribution in [0.5, 0.6) is 0 Å². The van der Waals surface area contributed by atoms with Crippen LogP contribution in [-0.2, 0) is 14.8 Å². The SMILES string of the molecule is CCOC1CCCN(S(=O)(=O)c2sc(=O)[nH]c2C)C1. The van der Waals surface area contributed by atoms with Crippen LogP contribution in [0.25, 0.3) is 0 Å². The molecule has 0 radical (unpaired) electrons. The van der Waals surface area contributed by atoms with Crippen LogP contribution in [-0.4, -0.2) is 43.5 Å². The number of rotatable bonds is 4. The van der Waals surface area contributed by atoms with E-state index in [1.54, 1.807) is 6.92 Å². The number of H-pyrrole nitrogens is 1. The van der Waals surface area contributed by atoms with Gasteiger partial charge in [-0.25, -0.2) is 8.42 Å². The molecule has 1 atom stereocenters. The van der Waals surface area contributed by atoms with E-state index in [2.05, 4.69) is 4.98 Å². The van der Waals surface area contributed by atoms with Crippen LogP contribution < -0.4 is 4.87 Å². The zero-order valence-electron chi connectivity index (χ0n) is 11.0. The van der Waals surface area contributed by atoms with Crippen molar-refractivity contribution in [2.45, 2.75) is 37.0 Å². The average Bonchev–Trinajstić information content (AvgIpc) is 2.70. The zero-order valence-corrected chi connectivity index (χ0v) is 12.6. The molecule has 0 saturated carbocycles. The number of nitrogens with zero attached hydrogens (tertiary/aromatic N) is 1. The summed E-state index contributed by atoms with van der Waals surface area (Å²) in [4.78, 5) is 13.4. The monoisotopic (exact) mass is 306 g/mol. The van der Waals surface area contributed by atoms with Gasteiger partial charge in [0.25, 0.3) is 10.0 Å². The highest BCUT2D eigenvalue weighted by Crippen LogP contribution is 2.25. The van der Waals surface area contributed by atoms with Gasteiger partial charge >= 0.3 is 4.87 Å². The molecule has 0 amide bonds. The maximum Gasteiger partial charge on any atom is 0.305 e. The minimum absolute atomic E-state index is 0.0514. The summed E-state index contributed by atoms with van der Waals surface area (Å²) in [7, 11) is -3.58. The Morgan fingerprint density at radius 2 is 2.26 bits per heavy atom. The molecule has 1 aliphatic rings. The van der Waals surface area contributed by atoms with E-state index in [-0.39, 0.29) is 15.2 Å². The molecule has 108 valence electrons. The van der Waals surface area contributed by atoms with Crippen LogP contribution in [0.3, 0.4) is 0 Å². The van der Waals surface area contributed by atoms with E-state index in [9.17, 15) is 13.2 Å². The van der Waals surface area contributed by atoms with Gasteiger partial charge in [-0.3, -0.25) is 4.79 Å². The fraction of sp³-hybridized carbons (Fsp3) is 0.727. The topological polar surface area (TPSA) is 79.5 Å². The first-order valence-electron chi connectivity index (χ1n) is 6.26. The van der Waals surface area contributed by atoms with E-state index >= 15 is 0 Å². The lowest BCUT2D eigenvalue weighted by Gasteiger charge is -2.31. The highest BCUT2D eigenvalue weighted by molar-refractivity contribution is 7.91. The molecule has 1 aromatic rings. The van der Waals surface area contributed by atoms with Crippen molar-refractivity contribution in [2.75, 3.05) is 19.7 Å². The van der Waals surface area contributed by atoms with Crippen molar-refractivity contribution in [3.8, 4) is 0 Å². The summed E-state index contributed by atoms with van der Waals surface area (Å²) < 4.78 is 32.0. The third-order valence-corrected chi connectivity index (χ3v) is 6.55. The number of aryl methyl sites for hydroxylation is 1. The lowest BCUT2D eigenvalue weighted by Crippen LogP contribution is -2.43. The van der Waals surface area contributed by atoms with Gasteiger partial charge in [0.05, 0.1) is 6.10 Å². The summed E-state index contributed by atoms with van der Waals surface area (Å²) in [6.07, 6.45) is 1.61. The van der Waals surface area contributed by atoms with E-state index in [4.69, 9.17) is 4.74 Å². The quantitative estimate of drug-likeness (QED) is 0.897. The molecule has 1 fully saturated rings. The summed E-state index contributed by atoms with van der Waals surface area (Å²) >= 11 is 0.748. The van der Waals surface area contributed by atoms with E-state index < -0.39 is 10.0 Å². The second kappa shape index (κ2) is 5.74. The summed E-state index contributed by atoms with van der Waals surface area (Å²) in [6, 6.07) is 0. The van der Waals surface area contributed by atoms with Crippen molar-refractivity contribution in [1.82, 2.24) is 9.29 Å². The Hall–Kier alpha value is -0.700. The minimum atomic E-state index is -3.58. The number of piperidine rings is 1. The number of ether oxygens (including phenoxy) is 1. The third-order valence-electron chi connectivity index (χ3n) is 3.10. The first-order chi connectivity index (χ1) is 8.95. The highest BCUT2D eigenvalue weighted by Gasteiger charge is 2.33. The Morgan fingerprint density at radius 1 is 1.53 bits per heavy atom. The first-order valence-corrected chi connectivity index (χ1v) is 8.52. The standard InChI is InChI=1S/C11H18N2O4S2/c1-3-17-9-5-4-6-13(7-9)19(15,16)10-8(2)12-11(14)18-10/h9H,3-7H2,1-2H3,(H,12,14). The van der Waals surface area contributed by atoms with E-state index in [0.29, 0.717) is 25.4 Å². The van der Waals surface area contributed by atoms with Gasteiger partial charge in [0.15, 0.2) is 4.21 Å². The molecule has 19 heavy (non-hydrogen) atoms. The fourth-order valence-corrected chi connectivity index (χ4v) is 5.19. The maximum absolute atomic E-state index is 12.5. The zero-order chi connectivity index (χ0) is 14.0. The molecule has 1 aromatic heterocycles. The fourth-order valence-electron chi connectivity index (χ4n) is 2.25. The molecule has 8 heteroatoms. The number of sulfonamides is 1. The number of aromatic nitrogens is 1. The van der Waals surface area contributed by atoms with Crippen LogP contribution in [0.4, 0.5) is 0 Å². The van der Waals surface area contributed by atoms with Crippen molar-refractivity contribution in [2.24, 2.45) is 0 Å². The number of thiazole rings is 1. The minimum Gasteiger partial charge on any atom is -0.377 e. The molecule has 0 bridgehead atoms. The van der Waals surface area contributed by atoms with Gasteiger partial charge < -0.3 is 9.72 Å². The molecule has 1 N–H and O–H groups in total. The van der Waals surface area contributed by atoms with Crippen molar-refractivity contribution >= 4 is 21.4 Å². The van der Waals surface area contributed by atoms with Gasteiger partial charge in [-0.1, -0.05) is 11.3 Å². The smallest absolute Gasteiger partial charge is 0.305 e. The van der Waals surface area contributed by atoms with Gasteiger partial charge in [-0.2, -0.15) is 4.31 Å². The largest absolute Gasteiger partial charge is 0.377 e. The second-order valence-corrected chi connectivity index (χ2v) is 7.63. The van der Waals surface area contributed by atoms with E-state index in [1.807, 2.05) is 6.92 Å². The van der Waals surface area contributed by atoms with E-state index in [0.717, 1.165) is 24.2 Å². The van der Waals surface area contributed by atoms with Crippen LogP contribution in [0.15, 0.2) is 9.00 Å². The van der Waals surface area contributed by atoms with Gasteiger partial charge in [0, 0.05) is 25.4 Å². The number of nitrogens with one attached hydrogen (secondary N) is 1. The normalized spacial score (nSPS) is 21.7. The van der Waals surface area contributed by atoms with Gasteiger partial charge in [0.2, 0.25) is 0 Å². The number of hydrogen-bond acceptors (Lipinski definition) is 5. The molecule has 1 aliphatic heterocycles. The summed E-state index contributed by atoms with van der Waals surface area (Å²) in [5, 5.41) is 0. The molecule has 0 aromatic carbocycles. The van der Waals surface area contributed by atoms with Gasteiger partial charge in [-0.15, -0.1) is 0 Å². The Bertz CT molecular complexity index is 588. The molecule has 1 unspecified atom stereocenters. The van der Waals surface area contributed by atoms with Crippen LogP contribution in [0, 0.1) is 6.92 Å². The van der Waals surface area contributed by atoms with Crippen molar-refractivity contribution < 1.29 is 13.2 Å². The molecule has 6 nitrogen and oxygen atoms in total. The summed E-state index contributed by atoms with van der Waals surface area (Å²) in [6.45, 7) is 4.93. The van der Waals surface area contributed by atoms with Crippen molar-refractivity contribution in [3.63, 3.8) is 0 Å². The first kappa shape index (κ1) is 14.7. The van der Waals surface area contributed by atoms with Crippen molar-refractivity contribution in [3.05, 3.63) is 15.4 Å². The molecule has 2 heterocycles. The summed E-state index contributed by atoms with van der Waals surface area (Å²) in [5.74, 6) is 0. The van der Waals surface area contributed by atoms with Crippen LogP contribution in [0.1, 0.15) is 25.5 Å². The molecular formula is C11H18N2O4S2. The molecule has 1 saturated heterocycles. The maximum atomic E-state index is 12.5. The Morgan fingerprint density at radius 3 is 2.84 bits per heavy atom. The molecular weight excluding hydrogens is 288 g/mol. The number of hydrogen-bond donors (Lipinski definition) is 1. The average molecular weight is 306 g/mol. The van der Waals surface area contributed by atoms with Crippen LogP contribution >= 0.6 is 11.3 Å². The highest BCUT2D eigenvalue weighted by atomic mass is 32.2. The van der Waals surface area contributed by atoms with Gasteiger partial charge in [-0.05, 0) is 26.7 Å².